The fourth-order valence-electron chi connectivity index (χ4n) is 2.70. The van der Waals surface area contributed by atoms with Crippen LogP contribution in [-0.2, 0) is 13.0 Å². The summed E-state index contributed by atoms with van der Waals surface area (Å²) in [4.78, 5) is 12.1. The number of amides is 1. The Morgan fingerprint density at radius 3 is 2.92 bits per heavy atom. The molecule has 2 aromatic rings. The number of nitrogens with one attached hydrogen (secondary N) is 1. The Labute approximate surface area is 151 Å². The first-order valence-corrected chi connectivity index (χ1v) is 10.0. The Kier molecular flexibility index (Phi) is 5.78. The first-order valence-electron chi connectivity index (χ1n) is 8.79. The van der Waals surface area contributed by atoms with E-state index in [-0.39, 0.29) is 5.91 Å². The van der Waals surface area contributed by atoms with Gasteiger partial charge in [0.1, 0.15) is 11.6 Å². The fraction of sp³-hybridized carbons (Fsp3) is 0.647. The minimum atomic E-state index is -0.177. The lowest BCUT2D eigenvalue weighted by molar-refractivity contribution is 0.0944. The molecule has 1 amide bonds. The summed E-state index contributed by atoms with van der Waals surface area (Å²) in [6, 6.07) is 1.76. The molecule has 7 nitrogen and oxygen atoms in total. The molecule has 0 bridgehead atoms. The van der Waals surface area contributed by atoms with E-state index in [1.54, 1.807) is 17.8 Å². The smallest absolute Gasteiger partial charge is 0.273 e. The lowest BCUT2D eigenvalue weighted by Gasteiger charge is -2.11. The quantitative estimate of drug-likeness (QED) is 0.545. The van der Waals surface area contributed by atoms with Gasteiger partial charge in [-0.25, -0.2) is 0 Å². The van der Waals surface area contributed by atoms with E-state index in [1.165, 1.54) is 0 Å². The van der Waals surface area contributed by atoms with Crippen molar-refractivity contribution in [2.24, 2.45) is 5.92 Å². The van der Waals surface area contributed by atoms with E-state index in [0.29, 0.717) is 24.1 Å². The zero-order valence-corrected chi connectivity index (χ0v) is 15.8. The van der Waals surface area contributed by atoms with Crippen molar-refractivity contribution in [3.8, 4) is 0 Å². The molecule has 136 valence electrons. The van der Waals surface area contributed by atoms with E-state index in [4.69, 9.17) is 4.52 Å². The Hall–Kier alpha value is -1.83. The highest BCUT2D eigenvalue weighted by Crippen LogP contribution is 2.40. The zero-order valence-electron chi connectivity index (χ0n) is 15.0. The molecule has 3 rings (SSSR count). The van der Waals surface area contributed by atoms with Gasteiger partial charge in [0.15, 0.2) is 10.9 Å². The van der Waals surface area contributed by atoms with Crippen LogP contribution in [0.15, 0.2) is 15.7 Å². The molecule has 0 atom stereocenters. The van der Waals surface area contributed by atoms with Gasteiger partial charge in [-0.1, -0.05) is 30.8 Å². The van der Waals surface area contributed by atoms with Gasteiger partial charge in [0.05, 0.1) is 0 Å². The summed E-state index contributed by atoms with van der Waals surface area (Å²) in [6.07, 6.45) is 5.87. The first-order chi connectivity index (χ1) is 12.1. The summed E-state index contributed by atoms with van der Waals surface area (Å²) >= 11 is 1.61. The third-order valence-corrected chi connectivity index (χ3v) is 4.79. The molecule has 1 saturated carbocycles. The molecule has 2 heterocycles. The van der Waals surface area contributed by atoms with E-state index in [1.807, 2.05) is 6.26 Å². The minimum absolute atomic E-state index is 0.177. The van der Waals surface area contributed by atoms with E-state index in [9.17, 15) is 4.79 Å². The lowest BCUT2D eigenvalue weighted by atomic mass is 10.2. The van der Waals surface area contributed by atoms with Gasteiger partial charge in [-0.3, -0.25) is 4.79 Å². The van der Waals surface area contributed by atoms with Crippen molar-refractivity contribution in [1.82, 2.24) is 25.2 Å². The van der Waals surface area contributed by atoms with Crippen LogP contribution in [0.2, 0.25) is 0 Å². The molecule has 25 heavy (non-hydrogen) atoms. The van der Waals surface area contributed by atoms with Gasteiger partial charge in [-0.05, 0) is 31.4 Å². The second-order valence-corrected chi connectivity index (χ2v) is 7.63. The Morgan fingerprint density at radius 1 is 1.44 bits per heavy atom. The van der Waals surface area contributed by atoms with Gasteiger partial charge in [0.2, 0.25) is 0 Å². The van der Waals surface area contributed by atoms with Crippen molar-refractivity contribution in [3.63, 3.8) is 0 Å². The van der Waals surface area contributed by atoms with E-state index in [0.717, 1.165) is 49.0 Å². The summed E-state index contributed by atoms with van der Waals surface area (Å²) in [6.45, 7) is 5.85. The van der Waals surface area contributed by atoms with Crippen LogP contribution in [0.4, 0.5) is 0 Å². The van der Waals surface area contributed by atoms with Crippen molar-refractivity contribution in [1.29, 1.82) is 0 Å². The summed E-state index contributed by atoms with van der Waals surface area (Å²) in [5, 5.41) is 16.2. The number of rotatable bonds is 9. The van der Waals surface area contributed by atoms with Crippen molar-refractivity contribution in [3.05, 3.63) is 23.3 Å². The Balaban J connectivity index is 1.47. The monoisotopic (exact) mass is 363 g/mol. The van der Waals surface area contributed by atoms with Gasteiger partial charge in [0, 0.05) is 31.5 Å². The fourth-order valence-corrected chi connectivity index (χ4v) is 3.22. The van der Waals surface area contributed by atoms with E-state index in [2.05, 4.69) is 39.1 Å². The van der Waals surface area contributed by atoms with Gasteiger partial charge >= 0.3 is 0 Å². The minimum Gasteiger partial charge on any atom is -0.360 e. The van der Waals surface area contributed by atoms with Crippen LogP contribution in [0.25, 0.3) is 0 Å². The van der Waals surface area contributed by atoms with Crippen LogP contribution in [0.5, 0.6) is 0 Å². The number of aryl methyl sites for hydroxylation is 1. The van der Waals surface area contributed by atoms with Crippen LogP contribution < -0.4 is 5.32 Å². The number of carbonyl (C=O) groups is 1. The summed E-state index contributed by atoms with van der Waals surface area (Å²) < 4.78 is 7.40. The second-order valence-electron chi connectivity index (χ2n) is 6.86. The van der Waals surface area contributed by atoms with Crippen LogP contribution in [0.1, 0.15) is 61.1 Å². The maximum atomic E-state index is 12.1. The van der Waals surface area contributed by atoms with E-state index >= 15 is 0 Å². The van der Waals surface area contributed by atoms with Gasteiger partial charge in [0.25, 0.3) is 5.91 Å². The highest BCUT2D eigenvalue weighted by molar-refractivity contribution is 7.98. The number of nitrogens with zero attached hydrogens (tertiary/aromatic N) is 4. The lowest BCUT2D eigenvalue weighted by Crippen LogP contribution is -2.25. The molecule has 0 aromatic carbocycles. The summed E-state index contributed by atoms with van der Waals surface area (Å²) in [5.41, 5.74) is 0.370. The molecule has 8 heteroatoms. The molecule has 1 aliphatic carbocycles. The molecule has 0 spiro atoms. The molecule has 0 radical (unpaired) electrons. The largest absolute Gasteiger partial charge is 0.360 e. The summed E-state index contributed by atoms with van der Waals surface area (Å²) in [7, 11) is 0. The zero-order chi connectivity index (χ0) is 17.8. The van der Waals surface area contributed by atoms with Crippen LogP contribution in [0, 0.1) is 5.92 Å². The maximum Gasteiger partial charge on any atom is 0.273 e. The van der Waals surface area contributed by atoms with Gasteiger partial charge in [-0.2, -0.15) is 0 Å². The third-order valence-electron chi connectivity index (χ3n) is 4.13. The van der Waals surface area contributed by atoms with Gasteiger partial charge < -0.3 is 14.4 Å². The highest BCUT2D eigenvalue weighted by atomic mass is 32.2. The van der Waals surface area contributed by atoms with Crippen molar-refractivity contribution >= 4 is 17.7 Å². The number of aromatic nitrogens is 4. The Bertz CT molecular complexity index is 720. The molecular formula is C17H25N5O2S. The van der Waals surface area contributed by atoms with Crippen LogP contribution in [-0.4, -0.2) is 38.6 Å². The molecular weight excluding hydrogens is 338 g/mol. The van der Waals surface area contributed by atoms with E-state index < -0.39 is 0 Å². The molecule has 0 unspecified atom stereocenters. The molecule has 1 aliphatic rings. The number of thioether (sulfide) groups is 1. The average Bonchev–Trinajstić information content (AvgIpc) is 3.19. The number of carbonyl (C=O) groups excluding carboxylic acids is 1. The maximum absolute atomic E-state index is 12.1. The standard InChI is InChI=1S/C17H25N5O2S/c1-11(2)10-22-15(19-20-17(22)25-3)5-4-8-18-16(23)13-9-14(24-21-13)12-6-7-12/h9,11-12H,4-8,10H2,1-3H3,(H,18,23). The van der Waals surface area contributed by atoms with Crippen molar-refractivity contribution < 1.29 is 9.32 Å². The average molecular weight is 363 g/mol. The molecule has 1 fully saturated rings. The summed E-state index contributed by atoms with van der Waals surface area (Å²) in [5.74, 6) is 2.63. The predicted molar refractivity (Wildman–Crippen MR) is 95.8 cm³/mol. The number of hydrogen-bond acceptors (Lipinski definition) is 6. The number of hydrogen-bond donors (Lipinski definition) is 1. The topological polar surface area (TPSA) is 85.8 Å². The van der Waals surface area contributed by atoms with Gasteiger partial charge in [-0.15, -0.1) is 10.2 Å². The van der Waals surface area contributed by atoms with Crippen LogP contribution in [0.3, 0.4) is 0 Å². The van der Waals surface area contributed by atoms with Crippen LogP contribution >= 0.6 is 11.8 Å². The molecule has 0 saturated heterocycles. The predicted octanol–water partition coefficient (Wildman–Crippen LogP) is 2.88. The second kappa shape index (κ2) is 8.03. The normalized spacial score (nSPS) is 14.2. The molecule has 0 aliphatic heterocycles. The SMILES string of the molecule is CSc1nnc(CCCNC(=O)c2cc(C3CC3)on2)n1CC(C)C. The van der Waals surface area contributed by atoms with Crippen molar-refractivity contribution in [2.45, 2.75) is 57.1 Å². The highest BCUT2D eigenvalue weighted by Gasteiger charge is 2.28. The Morgan fingerprint density at radius 2 is 2.24 bits per heavy atom. The third kappa shape index (κ3) is 4.62. The molecule has 1 N–H and O–H groups in total. The molecule has 2 aromatic heterocycles. The van der Waals surface area contributed by atoms with Crippen molar-refractivity contribution in [2.75, 3.05) is 12.8 Å². The first kappa shape index (κ1) is 18.0.